The summed E-state index contributed by atoms with van der Waals surface area (Å²) < 4.78 is 10.9. The summed E-state index contributed by atoms with van der Waals surface area (Å²) in [6.45, 7) is 3.44. The number of nitrogens with two attached hydrogens (primary N) is 1. The predicted octanol–water partition coefficient (Wildman–Crippen LogP) is 1.63. The fourth-order valence-corrected chi connectivity index (χ4v) is 1.99. The highest BCUT2D eigenvalue weighted by Gasteiger charge is 2.16. The molecule has 0 radical (unpaired) electrons. The Balaban J connectivity index is 1.80. The lowest BCUT2D eigenvalue weighted by Gasteiger charge is -2.21. The molecule has 2 rings (SSSR count). The van der Waals surface area contributed by atoms with Crippen LogP contribution in [0.25, 0.3) is 0 Å². The zero-order chi connectivity index (χ0) is 12.1. The number of aromatic nitrogens is 2. The molecule has 1 saturated heterocycles. The first-order valence-electron chi connectivity index (χ1n) is 6.43. The Morgan fingerprint density at radius 3 is 3.06 bits per heavy atom. The van der Waals surface area contributed by atoms with Gasteiger partial charge in [-0.05, 0) is 25.7 Å². The van der Waals surface area contributed by atoms with Gasteiger partial charge in [0.05, 0.1) is 6.10 Å². The normalized spacial score (nSPS) is 22.6. The largest absolute Gasteiger partial charge is 0.378 e. The summed E-state index contributed by atoms with van der Waals surface area (Å²) in [5.74, 6) is 1.58. The molecule has 1 fully saturated rings. The van der Waals surface area contributed by atoms with Gasteiger partial charge in [-0.15, -0.1) is 0 Å². The van der Waals surface area contributed by atoms with Crippen LogP contribution in [0.1, 0.15) is 50.2 Å². The molecule has 1 aromatic heterocycles. The third-order valence-electron chi connectivity index (χ3n) is 3.23. The third-order valence-corrected chi connectivity index (χ3v) is 3.23. The molecule has 5 nitrogen and oxygen atoms in total. The molecule has 1 aliphatic rings. The van der Waals surface area contributed by atoms with Gasteiger partial charge in [0.2, 0.25) is 5.89 Å². The maximum atomic E-state index is 5.67. The zero-order valence-corrected chi connectivity index (χ0v) is 10.4. The van der Waals surface area contributed by atoms with Crippen molar-refractivity contribution in [1.29, 1.82) is 0 Å². The van der Waals surface area contributed by atoms with E-state index in [9.17, 15) is 0 Å². The second-order valence-electron chi connectivity index (χ2n) is 4.71. The minimum atomic E-state index is 0.165. The second-order valence-corrected chi connectivity index (χ2v) is 4.71. The molecule has 5 heteroatoms. The van der Waals surface area contributed by atoms with E-state index in [2.05, 4.69) is 10.1 Å². The first kappa shape index (κ1) is 12.5. The number of nitrogens with zero attached hydrogens (tertiary/aromatic N) is 2. The first-order valence-corrected chi connectivity index (χ1v) is 6.43. The van der Waals surface area contributed by atoms with Crippen LogP contribution in [0.2, 0.25) is 0 Å². The highest BCUT2D eigenvalue weighted by Crippen LogP contribution is 2.18. The molecule has 96 valence electrons. The Morgan fingerprint density at radius 2 is 2.35 bits per heavy atom. The Morgan fingerprint density at radius 1 is 1.47 bits per heavy atom. The van der Waals surface area contributed by atoms with Gasteiger partial charge in [0.25, 0.3) is 0 Å². The van der Waals surface area contributed by atoms with E-state index in [1.807, 2.05) is 6.92 Å². The van der Waals surface area contributed by atoms with E-state index in [1.165, 1.54) is 12.8 Å². The molecule has 0 aromatic carbocycles. The van der Waals surface area contributed by atoms with Crippen LogP contribution >= 0.6 is 0 Å². The minimum absolute atomic E-state index is 0.165. The molecule has 2 heterocycles. The van der Waals surface area contributed by atoms with Gasteiger partial charge in [0, 0.05) is 25.5 Å². The van der Waals surface area contributed by atoms with E-state index in [-0.39, 0.29) is 5.92 Å². The maximum Gasteiger partial charge on any atom is 0.226 e. The summed E-state index contributed by atoms with van der Waals surface area (Å²) in [4.78, 5) is 4.35. The van der Waals surface area contributed by atoms with E-state index >= 15 is 0 Å². The van der Waals surface area contributed by atoms with Crippen molar-refractivity contribution in [3.8, 4) is 0 Å². The summed E-state index contributed by atoms with van der Waals surface area (Å²) in [7, 11) is 0. The summed E-state index contributed by atoms with van der Waals surface area (Å²) in [6, 6.07) is 0. The standard InChI is InChI=1S/C12H21N3O2/c1-9(8-13)12-14-11(17-15-12)6-5-10-4-2-3-7-16-10/h9-10H,2-8,13H2,1H3. The van der Waals surface area contributed by atoms with Crippen LogP contribution in [0.15, 0.2) is 4.52 Å². The molecular weight excluding hydrogens is 218 g/mol. The van der Waals surface area contributed by atoms with Gasteiger partial charge in [-0.3, -0.25) is 0 Å². The van der Waals surface area contributed by atoms with Gasteiger partial charge in [-0.25, -0.2) is 0 Å². The smallest absolute Gasteiger partial charge is 0.226 e. The molecule has 0 amide bonds. The molecule has 17 heavy (non-hydrogen) atoms. The van der Waals surface area contributed by atoms with Crippen molar-refractivity contribution in [1.82, 2.24) is 10.1 Å². The number of hydrogen-bond acceptors (Lipinski definition) is 5. The Kier molecular flexibility index (Phi) is 4.50. The van der Waals surface area contributed by atoms with Gasteiger partial charge in [-0.2, -0.15) is 4.98 Å². The number of rotatable bonds is 5. The van der Waals surface area contributed by atoms with Crippen molar-refractivity contribution in [2.24, 2.45) is 5.73 Å². The fourth-order valence-electron chi connectivity index (χ4n) is 1.99. The van der Waals surface area contributed by atoms with E-state index in [4.69, 9.17) is 15.0 Å². The molecule has 0 saturated carbocycles. The van der Waals surface area contributed by atoms with Gasteiger partial charge >= 0.3 is 0 Å². The molecule has 1 aliphatic heterocycles. The average molecular weight is 239 g/mol. The van der Waals surface area contributed by atoms with Gasteiger partial charge in [0.15, 0.2) is 5.82 Å². The molecule has 2 atom stereocenters. The van der Waals surface area contributed by atoms with Crippen LogP contribution in [0.5, 0.6) is 0 Å². The Hall–Kier alpha value is -0.940. The summed E-state index contributed by atoms with van der Waals surface area (Å²) in [6.07, 6.45) is 5.75. The summed E-state index contributed by atoms with van der Waals surface area (Å²) in [5.41, 5.74) is 5.56. The molecule has 2 unspecified atom stereocenters. The molecule has 0 bridgehead atoms. The topological polar surface area (TPSA) is 74.2 Å². The monoisotopic (exact) mass is 239 g/mol. The van der Waals surface area contributed by atoms with Gasteiger partial charge < -0.3 is 15.0 Å². The van der Waals surface area contributed by atoms with Crippen molar-refractivity contribution in [2.45, 2.75) is 51.0 Å². The number of aryl methyl sites for hydroxylation is 1. The summed E-state index contributed by atoms with van der Waals surface area (Å²) in [5, 5.41) is 3.94. The van der Waals surface area contributed by atoms with Crippen molar-refractivity contribution in [3.05, 3.63) is 11.7 Å². The van der Waals surface area contributed by atoms with Crippen molar-refractivity contribution in [2.75, 3.05) is 13.2 Å². The molecule has 1 aromatic rings. The van der Waals surface area contributed by atoms with Crippen LogP contribution in [0.3, 0.4) is 0 Å². The lowest BCUT2D eigenvalue weighted by atomic mass is 10.0. The zero-order valence-electron chi connectivity index (χ0n) is 10.4. The SMILES string of the molecule is CC(CN)c1noc(CCC2CCCCO2)n1. The molecular formula is C12H21N3O2. The molecule has 2 N–H and O–H groups in total. The van der Waals surface area contributed by atoms with Crippen LogP contribution in [-0.4, -0.2) is 29.4 Å². The van der Waals surface area contributed by atoms with Gasteiger partial charge in [0.1, 0.15) is 0 Å². The Bertz CT molecular complexity index is 334. The maximum absolute atomic E-state index is 5.67. The van der Waals surface area contributed by atoms with Crippen molar-refractivity contribution in [3.63, 3.8) is 0 Å². The highest BCUT2D eigenvalue weighted by molar-refractivity contribution is 4.94. The van der Waals surface area contributed by atoms with Crippen molar-refractivity contribution < 1.29 is 9.26 Å². The van der Waals surface area contributed by atoms with Crippen LogP contribution in [-0.2, 0) is 11.2 Å². The fraction of sp³-hybridized carbons (Fsp3) is 0.833. The first-order chi connectivity index (χ1) is 8.29. The lowest BCUT2D eigenvalue weighted by molar-refractivity contribution is 0.0104. The van der Waals surface area contributed by atoms with E-state index in [0.717, 1.165) is 25.9 Å². The van der Waals surface area contributed by atoms with E-state index in [0.29, 0.717) is 24.4 Å². The van der Waals surface area contributed by atoms with Crippen LogP contribution < -0.4 is 5.73 Å². The Labute approximate surface area is 102 Å². The summed E-state index contributed by atoms with van der Waals surface area (Å²) >= 11 is 0. The highest BCUT2D eigenvalue weighted by atomic mass is 16.5. The van der Waals surface area contributed by atoms with Crippen molar-refractivity contribution >= 4 is 0 Å². The van der Waals surface area contributed by atoms with Crippen LogP contribution in [0, 0.1) is 0 Å². The minimum Gasteiger partial charge on any atom is -0.378 e. The lowest BCUT2D eigenvalue weighted by Crippen LogP contribution is -2.19. The van der Waals surface area contributed by atoms with Gasteiger partial charge in [-0.1, -0.05) is 12.1 Å². The molecule has 0 aliphatic carbocycles. The van der Waals surface area contributed by atoms with E-state index < -0.39 is 0 Å². The van der Waals surface area contributed by atoms with Crippen LogP contribution in [0.4, 0.5) is 0 Å². The average Bonchev–Trinajstić information content (AvgIpc) is 2.85. The number of ether oxygens (including phenoxy) is 1. The second kappa shape index (κ2) is 6.12. The van der Waals surface area contributed by atoms with E-state index in [1.54, 1.807) is 0 Å². The predicted molar refractivity (Wildman–Crippen MR) is 63.7 cm³/mol. The number of hydrogen-bond donors (Lipinski definition) is 1. The third kappa shape index (κ3) is 3.51. The molecule has 0 spiro atoms. The quantitative estimate of drug-likeness (QED) is 0.845.